The molecule has 1 aromatic heterocycles. The Labute approximate surface area is 182 Å². The van der Waals surface area contributed by atoms with Gasteiger partial charge in [-0.1, -0.05) is 42.0 Å². The van der Waals surface area contributed by atoms with Crippen molar-refractivity contribution in [1.29, 1.82) is 0 Å². The first-order valence-corrected chi connectivity index (χ1v) is 9.64. The van der Waals surface area contributed by atoms with Crippen LogP contribution in [0.4, 0.5) is 5.69 Å². The molecule has 0 spiro atoms. The summed E-state index contributed by atoms with van der Waals surface area (Å²) in [6, 6.07) is 16.4. The largest absolute Gasteiger partial charge is 0.545 e. The predicted molar refractivity (Wildman–Crippen MR) is 116 cm³/mol. The second-order valence-electron chi connectivity index (χ2n) is 6.86. The molecule has 1 aliphatic heterocycles. The maximum atomic E-state index is 13.0. The Morgan fingerprint density at radius 1 is 1.03 bits per heavy atom. The van der Waals surface area contributed by atoms with Gasteiger partial charge in [0.15, 0.2) is 5.11 Å². The van der Waals surface area contributed by atoms with Gasteiger partial charge < -0.3 is 14.3 Å². The first kappa shape index (κ1) is 20.2. The van der Waals surface area contributed by atoms with Crippen molar-refractivity contribution in [3.63, 3.8) is 0 Å². The van der Waals surface area contributed by atoms with Crippen molar-refractivity contribution in [2.24, 2.45) is 0 Å². The van der Waals surface area contributed by atoms with E-state index in [1.165, 1.54) is 23.1 Å². The number of furan rings is 1. The molecule has 7 nitrogen and oxygen atoms in total. The SMILES string of the molecule is Cc1ccc(N2C(=O)/C(=C/c3ccc(-c4ccc(C(=O)[O-])cc4)o3)C(=O)NC2=S)cc1. The number of thiocarbonyl (C=S) groups is 1. The highest BCUT2D eigenvalue weighted by Crippen LogP contribution is 2.26. The third-order valence-electron chi connectivity index (χ3n) is 4.71. The Hall–Kier alpha value is -4.04. The zero-order valence-corrected chi connectivity index (χ0v) is 17.1. The van der Waals surface area contributed by atoms with Crippen LogP contribution in [-0.4, -0.2) is 22.9 Å². The van der Waals surface area contributed by atoms with Gasteiger partial charge in [-0.05, 0) is 55.0 Å². The van der Waals surface area contributed by atoms with Crippen molar-refractivity contribution in [2.75, 3.05) is 4.90 Å². The predicted octanol–water partition coefficient (Wildman–Crippen LogP) is 2.45. The van der Waals surface area contributed by atoms with Gasteiger partial charge in [0.2, 0.25) is 0 Å². The van der Waals surface area contributed by atoms with Gasteiger partial charge in [-0.15, -0.1) is 0 Å². The molecule has 4 rings (SSSR count). The standard InChI is InChI=1S/C23H16N2O5S/c1-13-2-8-16(9-3-13)25-21(27)18(20(26)24-23(25)31)12-17-10-11-19(30-17)14-4-6-15(7-5-14)22(28)29/h2-12H,1H3,(H,28,29)(H,24,26,31)/p-1/b18-12+. The van der Waals surface area contributed by atoms with E-state index in [2.05, 4.69) is 5.32 Å². The van der Waals surface area contributed by atoms with E-state index >= 15 is 0 Å². The number of carboxylic acids is 1. The van der Waals surface area contributed by atoms with Crippen molar-refractivity contribution in [1.82, 2.24) is 5.32 Å². The van der Waals surface area contributed by atoms with Crippen LogP contribution < -0.4 is 15.3 Å². The number of benzene rings is 2. The Bertz CT molecular complexity index is 1240. The van der Waals surface area contributed by atoms with Gasteiger partial charge in [-0.3, -0.25) is 19.8 Å². The lowest BCUT2D eigenvalue weighted by Gasteiger charge is -2.28. The minimum Gasteiger partial charge on any atom is -0.545 e. The molecule has 1 aliphatic rings. The molecule has 1 saturated heterocycles. The molecule has 31 heavy (non-hydrogen) atoms. The highest BCUT2D eigenvalue weighted by Gasteiger charge is 2.34. The van der Waals surface area contributed by atoms with Gasteiger partial charge in [0.1, 0.15) is 17.1 Å². The monoisotopic (exact) mass is 431 g/mol. The molecule has 0 bridgehead atoms. The van der Waals surface area contributed by atoms with Gasteiger partial charge in [-0.25, -0.2) is 0 Å². The second-order valence-corrected chi connectivity index (χ2v) is 7.25. The Balaban J connectivity index is 1.63. The summed E-state index contributed by atoms with van der Waals surface area (Å²) in [5, 5.41) is 13.4. The van der Waals surface area contributed by atoms with Crippen LogP contribution in [0.5, 0.6) is 0 Å². The van der Waals surface area contributed by atoms with Gasteiger partial charge in [0, 0.05) is 5.56 Å². The number of nitrogens with one attached hydrogen (secondary N) is 1. The lowest BCUT2D eigenvalue weighted by Crippen LogP contribution is -2.54. The molecule has 3 aromatic rings. The average Bonchev–Trinajstić information content (AvgIpc) is 3.21. The van der Waals surface area contributed by atoms with Crippen molar-refractivity contribution < 1.29 is 23.9 Å². The van der Waals surface area contributed by atoms with E-state index in [1.807, 2.05) is 19.1 Å². The molecular weight excluding hydrogens is 416 g/mol. The van der Waals surface area contributed by atoms with Crippen molar-refractivity contribution >= 4 is 46.9 Å². The van der Waals surface area contributed by atoms with Crippen LogP contribution in [0.3, 0.4) is 0 Å². The fraction of sp³-hybridized carbons (Fsp3) is 0.0435. The summed E-state index contributed by atoms with van der Waals surface area (Å²) in [7, 11) is 0. The molecule has 1 fully saturated rings. The van der Waals surface area contributed by atoms with Gasteiger partial charge in [0.25, 0.3) is 11.8 Å². The molecule has 0 unspecified atom stereocenters. The van der Waals surface area contributed by atoms with Gasteiger partial charge >= 0.3 is 0 Å². The van der Waals surface area contributed by atoms with E-state index in [1.54, 1.807) is 36.4 Å². The number of rotatable bonds is 4. The lowest BCUT2D eigenvalue weighted by molar-refractivity contribution is -0.255. The fourth-order valence-corrected chi connectivity index (χ4v) is 3.37. The van der Waals surface area contributed by atoms with Crippen LogP contribution in [0.1, 0.15) is 21.7 Å². The number of carbonyl (C=O) groups excluding carboxylic acids is 3. The molecule has 0 atom stereocenters. The van der Waals surface area contributed by atoms with Crippen molar-refractivity contribution in [2.45, 2.75) is 6.92 Å². The van der Waals surface area contributed by atoms with Crippen LogP contribution in [0, 0.1) is 6.92 Å². The number of carbonyl (C=O) groups is 3. The number of nitrogens with zero attached hydrogens (tertiary/aromatic N) is 1. The third-order valence-corrected chi connectivity index (χ3v) is 5.00. The Morgan fingerprint density at radius 2 is 1.71 bits per heavy atom. The van der Waals surface area contributed by atoms with Gasteiger partial charge in [0.05, 0.1) is 11.7 Å². The minimum absolute atomic E-state index is 0.00384. The van der Waals surface area contributed by atoms with E-state index < -0.39 is 17.8 Å². The fourth-order valence-electron chi connectivity index (χ4n) is 3.08. The van der Waals surface area contributed by atoms with Crippen molar-refractivity contribution in [3.05, 3.63) is 83.1 Å². The van der Waals surface area contributed by atoms with Gasteiger partial charge in [-0.2, -0.15) is 0 Å². The maximum absolute atomic E-state index is 13.0. The average molecular weight is 431 g/mol. The quantitative estimate of drug-likeness (QED) is 0.387. The van der Waals surface area contributed by atoms with E-state index in [0.29, 0.717) is 17.0 Å². The molecule has 2 heterocycles. The van der Waals surface area contributed by atoms with E-state index in [4.69, 9.17) is 16.6 Å². The molecule has 2 aromatic carbocycles. The van der Waals surface area contributed by atoms with Crippen LogP contribution in [0.2, 0.25) is 0 Å². The second kappa shape index (κ2) is 8.00. The number of amides is 2. The zero-order valence-electron chi connectivity index (χ0n) is 16.2. The van der Waals surface area contributed by atoms with Crippen LogP contribution in [0.25, 0.3) is 17.4 Å². The zero-order chi connectivity index (χ0) is 22.1. The number of anilines is 1. The summed E-state index contributed by atoms with van der Waals surface area (Å²) in [5.41, 5.74) is 2.13. The molecule has 0 saturated carbocycles. The summed E-state index contributed by atoms with van der Waals surface area (Å²) in [6.45, 7) is 1.92. The molecule has 154 valence electrons. The summed E-state index contributed by atoms with van der Waals surface area (Å²) in [6.07, 6.45) is 1.35. The molecule has 2 amide bonds. The molecule has 0 radical (unpaired) electrons. The maximum Gasteiger partial charge on any atom is 0.270 e. The first-order chi connectivity index (χ1) is 14.8. The number of hydrogen-bond donors (Lipinski definition) is 1. The highest BCUT2D eigenvalue weighted by molar-refractivity contribution is 7.80. The number of carboxylic acid groups (broad SMARTS) is 1. The smallest absolute Gasteiger partial charge is 0.270 e. The molecular formula is C23H15N2O5S-. The van der Waals surface area contributed by atoms with Crippen LogP contribution in [-0.2, 0) is 9.59 Å². The Morgan fingerprint density at radius 3 is 2.35 bits per heavy atom. The number of aromatic carboxylic acids is 1. The summed E-state index contributed by atoms with van der Waals surface area (Å²) < 4.78 is 5.73. The van der Waals surface area contributed by atoms with E-state index in [-0.39, 0.29) is 22.0 Å². The first-order valence-electron chi connectivity index (χ1n) is 9.23. The lowest BCUT2D eigenvalue weighted by atomic mass is 10.1. The summed E-state index contributed by atoms with van der Waals surface area (Å²) >= 11 is 5.19. The minimum atomic E-state index is -1.27. The number of hydrogen-bond acceptors (Lipinski definition) is 6. The molecule has 1 N–H and O–H groups in total. The molecule has 8 heteroatoms. The van der Waals surface area contributed by atoms with E-state index in [9.17, 15) is 19.5 Å². The van der Waals surface area contributed by atoms with E-state index in [0.717, 1.165) is 5.56 Å². The topological polar surface area (TPSA) is 103 Å². The normalized spacial score (nSPS) is 15.3. The summed E-state index contributed by atoms with van der Waals surface area (Å²) in [5.74, 6) is -1.71. The number of aryl methyl sites for hydroxylation is 1. The van der Waals surface area contributed by atoms with Crippen LogP contribution in [0.15, 0.2) is 70.7 Å². The van der Waals surface area contributed by atoms with Crippen molar-refractivity contribution in [3.8, 4) is 11.3 Å². The van der Waals surface area contributed by atoms with Crippen LogP contribution >= 0.6 is 12.2 Å². The summed E-state index contributed by atoms with van der Waals surface area (Å²) in [4.78, 5) is 37.6. The third kappa shape index (κ3) is 4.01. The molecule has 0 aliphatic carbocycles. The Kier molecular flexibility index (Phi) is 5.22. The highest BCUT2D eigenvalue weighted by atomic mass is 32.1.